The van der Waals surface area contributed by atoms with Gasteiger partial charge in [-0.2, -0.15) is 0 Å². The number of benzene rings is 1. The fourth-order valence-corrected chi connectivity index (χ4v) is 3.37. The molecule has 0 saturated carbocycles. The van der Waals surface area contributed by atoms with Gasteiger partial charge < -0.3 is 5.32 Å². The third-order valence-corrected chi connectivity index (χ3v) is 4.15. The largest absolute Gasteiger partial charge is 0.352 e. The Hall–Kier alpha value is -1.20. The molecule has 1 amide bonds. The molecule has 2 atom stereocenters. The zero-order valence-electron chi connectivity index (χ0n) is 12.6. The molecule has 114 valence electrons. The van der Waals surface area contributed by atoms with Crippen molar-refractivity contribution in [3.63, 3.8) is 0 Å². The molecule has 1 aliphatic heterocycles. The van der Waals surface area contributed by atoms with Gasteiger partial charge in [-0.25, -0.2) is 0 Å². The van der Waals surface area contributed by atoms with Gasteiger partial charge >= 0.3 is 0 Å². The summed E-state index contributed by atoms with van der Waals surface area (Å²) in [7, 11) is 0. The van der Waals surface area contributed by atoms with E-state index < -0.39 is 0 Å². The average molecular weight is 353 g/mol. The lowest BCUT2D eigenvalue weighted by Gasteiger charge is -2.38. The van der Waals surface area contributed by atoms with Gasteiger partial charge in [0.15, 0.2) is 4.69 Å². The molecule has 1 heterocycles. The summed E-state index contributed by atoms with van der Waals surface area (Å²) in [4.78, 5) is 23.4. The molecule has 1 aliphatic rings. The second kappa shape index (κ2) is 6.28. The van der Waals surface area contributed by atoms with Crippen LogP contribution in [0.1, 0.15) is 38.3 Å². The summed E-state index contributed by atoms with van der Waals surface area (Å²) in [6.45, 7) is 5.99. The van der Waals surface area contributed by atoms with Gasteiger partial charge in [-0.3, -0.25) is 14.9 Å². The van der Waals surface area contributed by atoms with E-state index >= 15 is 0 Å². The van der Waals surface area contributed by atoms with E-state index in [0.717, 1.165) is 0 Å². The first-order valence-corrected chi connectivity index (χ1v) is 7.93. The lowest BCUT2D eigenvalue weighted by atomic mass is 9.82. The Labute approximate surface area is 133 Å². The lowest BCUT2D eigenvalue weighted by molar-refractivity contribution is -0.124. The maximum atomic E-state index is 12.4. The van der Waals surface area contributed by atoms with Crippen molar-refractivity contribution in [1.29, 1.82) is 0 Å². The summed E-state index contributed by atoms with van der Waals surface area (Å²) in [6.07, 6.45) is 0.957. The molecule has 2 rings (SSSR count). The number of hydrogen-bond donors (Lipinski definition) is 2. The third-order valence-electron chi connectivity index (χ3n) is 3.82. The highest BCUT2D eigenvalue weighted by molar-refractivity contribution is 9.18. The van der Waals surface area contributed by atoms with E-state index in [-0.39, 0.29) is 28.2 Å². The van der Waals surface area contributed by atoms with E-state index in [0.29, 0.717) is 12.8 Å². The summed E-state index contributed by atoms with van der Waals surface area (Å²) >= 11 is 2.89. The molecule has 21 heavy (non-hydrogen) atoms. The number of fused-ring (bicyclic) bond motifs is 1. The van der Waals surface area contributed by atoms with Gasteiger partial charge in [-0.05, 0) is 54.2 Å². The van der Waals surface area contributed by atoms with Gasteiger partial charge in [0, 0.05) is 18.0 Å². The van der Waals surface area contributed by atoms with Crippen LogP contribution in [0, 0.1) is 0 Å². The molecular formula is C16H21BrN2O2. The van der Waals surface area contributed by atoms with Crippen LogP contribution in [0.5, 0.6) is 0 Å². The van der Waals surface area contributed by atoms with Crippen LogP contribution in [0.2, 0.25) is 0 Å². The number of carbonyl (C=O) groups is 2. The molecule has 1 aromatic rings. The van der Waals surface area contributed by atoms with Gasteiger partial charge in [-0.15, -0.1) is 0 Å². The van der Waals surface area contributed by atoms with Crippen molar-refractivity contribution < 1.29 is 9.59 Å². The fraction of sp³-hybridized carbons (Fsp3) is 0.500. The predicted molar refractivity (Wildman–Crippen MR) is 86.3 cm³/mol. The van der Waals surface area contributed by atoms with Crippen LogP contribution < -0.4 is 10.6 Å². The highest BCUT2D eigenvalue weighted by Crippen LogP contribution is 2.29. The number of nitrogens with one attached hydrogen (secondary N) is 2. The fourth-order valence-electron chi connectivity index (χ4n) is 2.89. The Bertz CT molecular complexity index is 557. The van der Waals surface area contributed by atoms with Gasteiger partial charge in [-0.1, -0.05) is 24.3 Å². The van der Waals surface area contributed by atoms with Crippen LogP contribution in [0.25, 0.3) is 0 Å². The van der Waals surface area contributed by atoms with Crippen LogP contribution in [0.3, 0.4) is 0 Å². The number of halogens is 1. The maximum Gasteiger partial charge on any atom is 0.237 e. The minimum Gasteiger partial charge on any atom is -0.352 e. The lowest BCUT2D eigenvalue weighted by Crippen LogP contribution is -2.56. The van der Waals surface area contributed by atoms with E-state index in [1.807, 2.05) is 19.1 Å². The van der Waals surface area contributed by atoms with E-state index in [2.05, 4.69) is 52.5 Å². The van der Waals surface area contributed by atoms with Crippen molar-refractivity contribution in [2.24, 2.45) is 0 Å². The molecule has 0 aromatic heterocycles. The molecule has 0 fully saturated rings. The van der Waals surface area contributed by atoms with Crippen LogP contribution >= 0.6 is 15.9 Å². The summed E-state index contributed by atoms with van der Waals surface area (Å²) in [5, 5.41) is 6.30. The van der Waals surface area contributed by atoms with Crippen LogP contribution in [0.15, 0.2) is 24.3 Å². The molecule has 0 bridgehead atoms. The van der Waals surface area contributed by atoms with Crippen molar-refractivity contribution in [2.75, 3.05) is 0 Å². The molecule has 0 saturated heterocycles. The Kier molecular flexibility index (Phi) is 4.84. The van der Waals surface area contributed by atoms with Crippen LogP contribution in [-0.2, 0) is 21.5 Å². The molecule has 5 heteroatoms. The normalized spacial score (nSPS) is 21.2. The Morgan fingerprint density at radius 2 is 2.10 bits per heavy atom. The first-order valence-electron chi connectivity index (χ1n) is 7.14. The Balaban J connectivity index is 2.10. The molecule has 2 N–H and O–H groups in total. The van der Waals surface area contributed by atoms with Crippen LogP contribution in [0.4, 0.5) is 0 Å². The summed E-state index contributed by atoms with van der Waals surface area (Å²) in [5.74, 6) is -0.0566. The smallest absolute Gasteiger partial charge is 0.237 e. The van der Waals surface area contributed by atoms with Crippen molar-refractivity contribution in [2.45, 2.75) is 51.2 Å². The van der Waals surface area contributed by atoms with Crippen molar-refractivity contribution in [3.05, 3.63) is 35.4 Å². The molecule has 0 radical (unpaired) electrons. The van der Waals surface area contributed by atoms with E-state index in [1.165, 1.54) is 11.1 Å². The first kappa shape index (κ1) is 16.2. The van der Waals surface area contributed by atoms with Gasteiger partial charge in [0.05, 0.1) is 6.04 Å². The number of hydrogen-bond acceptors (Lipinski definition) is 3. The SMILES string of the molecule is C[C@H](CC(=O)Br)NC(=O)[C@@H]1Cc2ccccc2C(C)(C)N1. The summed E-state index contributed by atoms with van der Waals surface area (Å²) in [6, 6.07) is 7.74. The van der Waals surface area contributed by atoms with E-state index in [4.69, 9.17) is 0 Å². The standard InChI is InChI=1S/C16H21BrN2O2/c1-10(8-14(17)20)18-15(21)13-9-11-6-4-5-7-12(11)16(2,3)19-13/h4-7,10,13,19H,8-9H2,1-3H3,(H,18,21)/t10-,13+/m1/s1. The predicted octanol–water partition coefficient (Wildman–Crippen LogP) is 2.25. The van der Waals surface area contributed by atoms with E-state index in [9.17, 15) is 9.59 Å². The molecule has 0 spiro atoms. The van der Waals surface area contributed by atoms with E-state index in [1.54, 1.807) is 0 Å². The van der Waals surface area contributed by atoms with Crippen molar-refractivity contribution in [3.8, 4) is 0 Å². The van der Waals surface area contributed by atoms with Gasteiger partial charge in [0.2, 0.25) is 5.91 Å². The molecule has 1 aromatic carbocycles. The summed E-state index contributed by atoms with van der Waals surface area (Å²) in [5.41, 5.74) is 2.19. The van der Waals surface area contributed by atoms with Crippen molar-refractivity contribution in [1.82, 2.24) is 10.6 Å². The highest BCUT2D eigenvalue weighted by Gasteiger charge is 2.35. The quantitative estimate of drug-likeness (QED) is 0.817. The second-order valence-corrected chi connectivity index (χ2v) is 7.04. The van der Waals surface area contributed by atoms with Gasteiger partial charge in [0.25, 0.3) is 0 Å². The second-order valence-electron chi connectivity index (χ2n) is 6.15. The number of amides is 1. The maximum absolute atomic E-state index is 12.4. The summed E-state index contributed by atoms with van der Waals surface area (Å²) < 4.78 is -0.0995. The first-order chi connectivity index (χ1) is 9.79. The molecule has 0 aliphatic carbocycles. The van der Waals surface area contributed by atoms with Crippen LogP contribution in [-0.4, -0.2) is 22.7 Å². The molecule has 4 nitrogen and oxygen atoms in total. The zero-order valence-corrected chi connectivity index (χ0v) is 14.2. The highest BCUT2D eigenvalue weighted by atomic mass is 79.9. The third kappa shape index (κ3) is 3.92. The minimum absolute atomic E-state index is 0.0566. The average Bonchev–Trinajstić information content (AvgIpc) is 2.36. The topological polar surface area (TPSA) is 58.2 Å². The van der Waals surface area contributed by atoms with Crippen molar-refractivity contribution >= 4 is 26.5 Å². The van der Waals surface area contributed by atoms with Gasteiger partial charge in [0.1, 0.15) is 0 Å². The monoisotopic (exact) mass is 352 g/mol. The number of carbonyl (C=O) groups excluding carboxylic acids is 2. The molecule has 0 unspecified atom stereocenters. The molecular weight excluding hydrogens is 332 g/mol. The Morgan fingerprint density at radius 1 is 1.43 bits per heavy atom. The zero-order chi connectivity index (χ0) is 15.6. The number of rotatable bonds is 4. The Morgan fingerprint density at radius 3 is 2.76 bits per heavy atom. The minimum atomic E-state index is -0.275.